The van der Waals surface area contributed by atoms with Gasteiger partial charge in [-0.2, -0.15) is 0 Å². The highest BCUT2D eigenvalue weighted by molar-refractivity contribution is 7.95. The van der Waals surface area contributed by atoms with E-state index >= 15 is 0 Å². The van der Waals surface area contributed by atoms with E-state index in [4.69, 9.17) is 4.74 Å². The molecule has 0 radical (unpaired) electrons. The van der Waals surface area contributed by atoms with Crippen LogP contribution in [-0.2, 0) is 9.53 Å². The number of cyclic esters (lactones) is 1. The lowest BCUT2D eigenvalue weighted by molar-refractivity contribution is -0.141. The molecule has 4 heteroatoms. The van der Waals surface area contributed by atoms with Crippen LogP contribution in [-0.4, -0.2) is 18.2 Å². The molecule has 0 amide bonds. The first kappa shape index (κ1) is 22.0. The first-order valence-corrected chi connectivity index (χ1v) is 12.0. The Bertz CT molecular complexity index is 803. The maximum Gasteiger partial charge on any atom is 0.306 e. The maximum atomic E-state index is 11.5. The molecule has 0 N–H and O–H groups in total. The number of benzene rings is 3. The number of rotatable bonds is 7. The monoisotopic (exact) mass is 516 g/mol. The van der Waals surface area contributed by atoms with E-state index in [1.807, 2.05) is 0 Å². The number of carbonyl (C=O) groups is 1. The normalized spacial score (nSPS) is 16.1. The topological polar surface area (TPSA) is 26.3 Å². The Morgan fingerprint density at radius 1 is 0.759 bits per heavy atom. The summed E-state index contributed by atoms with van der Waals surface area (Å²) in [5, 5.41) is 4.24. The third-order valence-corrected chi connectivity index (χ3v) is 10.1. The standard InChI is InChI=1S/C25H26O2P.HI/c26-25-19-18-21(27-25)11-10-20-28(22-12-4-1-5-13-22,23-14-6-2-7-15-23)24-16-8-3-9-17-24;/h1-9,12-17,21H,10-11,18-20H2;1H/q+1;/p-1. The van der Waals surface area contributed by atoms with Crippen molar-refractivity contribution in [1.82, 2.24) is 0 Å². The van der Waals surface area contributed by atoms with Crippen LogP contribution in [0.1, 0.15) is 25.7 Å². The molecule has 29 heavy (non-hydrogen) atoms. The summed E-state index contributed by atoms with van der Waals surface area (Å²) in [6, 6.07) is 32.8. The van der Waals surface area contributed by atoms with Crippen molar-refractivity contribution in [3.05, 3.63) is 91.0 Å². The second kappa shape index (κ2) is 10.4. The van der Waals surface area contributed by atoms with Gasteiger partial charge in [-0.1, -0.05) is 54.6 Å². The second-order valence-electron chi connectivity index (χ2n) is 7.33. The van der Waals surface area contributed by atoms with Gasteiger partial charge >= 0.3 is 5.97 Å². The van der Waals surface area contributed by atoms with Gasteiger partial charge in [0.1, 0.15) is 29.3 Å². The first-order chi connectivity index (χ1) is 13.8. The van der Waals surface area contributed by atoms with Gasteiger partial charge < -0.3 is 28.7 Å². The van der Waals surface area contributed by atoms with Crippen LogP contribution in [0.5, 0.6) is 0 Å². The summed E-state index contributed by atoms with van der Waals surface area (Å²) in [5.41, 5.74) is 0. The molecule has 1 unspecified atom stereocenters. The smallest absolute Gasteiger partial charge is 0.306 e. The number of carbonyl (C=O) groups excluding carboxylic acids is 1. The zero-order chi connectivity index (χ0) is 19.2. The van der Waals surface area contributed by atoms with Crippen molar-refractivity contribution >= 4 is 29.1 Å². The van der Waals surface area contributed by atoms with Gasteiger partial charge in [0.05, 0.1) is 6.16 Å². The number of esters is 1. The molecule has 3 aromatic carbocycles. The average molecular weight is 516 g/mol. The Hall–Kier alpha value is -1.71. The number of ether oxygens (including phenoxy) is 1. The van der Waals surface area contributed by atoms with Crippen molar-refractivity contribution in [3.63, 3.8) is 0 Å². The van der Waals surface area contributed by atoms with Crippen LogP contribution in [0.4, 0.5) is 0 Å². The van der Waals surface area contributed by atoms with Crippen LogP contribution >= 0.6 is 7.26 Å². The zero-order valence-corrected chi connectivity index (χ0v) is 19.5. The van der Waals surface area contributed by atoms with Gasteiger partial charge in [0.2, 0.25) is 0 Å². The van der Waals surface area contributed by atoms with Crippen molar-refractivity contribution in [2.24, 2.45) is 0 Å². The van der Waals surface area contributed by atoms with Crippen molar-refractivity contribution < 1.29 is 33.5 Å². The molecule has 0 bridgehead atoms. The molecule has 150 valence electrons. The van der Waals surface area contributed by atoms with Crippen molar-refractivity contribution in [2.45, 2.75) is 31.8 Å². The summed E-state index contributed by atoms with van der Waals surface area (Å²) in [7, 11) is -1.77. The minimum absolute atomic E-state index is 0. The molecule has 4 rings (SSSR count). The second-order valence-corrected chi connectivity index (χ2v) is 10.9. The van der Waals surface area contributed by atoms with Gasteiger partial charge in [0.15, 0.2) is 0 Å². The lowest BCUT2D eigenvalue weighted by Crippen LogP contribution is -3.00. The summed E-state index contributed by atoms with van der Waals surface area (Å²) in [4.78, 5) is 11.5. The van der Waals surface area contributed by atoms with Crippen LogP contribution in [0.15, 0.2) is 91.0 Å². The molecule has 1 aliphatic rings. The number of halogens is 1. The summed E-state index contributed by atoms with van der Waals surface area (Å²) in [6.45, 7) is 0. The van der Waals surface area contributed by atoms with E-state index in [1.165, 1.54) is 15.9 Å². The van der Waals surface area contributed by atoms with Crippen LogP contribution < -0.4 is 39.9 Å². The van der Waals surface area contributed by atoms with Crippen molar-refractivity contribution in [3.8, 4) is 0 Å². The Kier molecular flexibility index (Phi) is 7.85. The van der Waals surface area contributed by atoms with Gasteiger partial charge in [-0.05, 0) is 55.7 Å². The molecule has 1 aliphatic heterocycles. The fraction of sp³-hybridized carbons (Fsp3) is 0.240. The molecule has 0 aromatic heterocycles. The lowest BCUT2D eigenvalue weighted by atomic mass is 10.1. The largest absolute Gasteiger partial charge is 1.00 e. The third-order valence-electron chi connectivity index (χ3n) is 5.58. The molecule has 3 aromatic rings. The van der Waals surface area contributed by atoms with E-state index in [0.29, 0.717) is 6.42 Å². The van der Waals surface area contributed by atoms with Crippen molar-refractivity contribution in [2.75, 3.05) is 6.16 Å². The van der Waals surface area contributed by atoms with Crippen LogP contribution in [0.3, 0.4) is 0 Å². The molecule has 1 fully saturated rings. The highest BCUT2D eigenvalue weighted by Crippen LogP contribution is 2.56. The number of hydrogen-bond donors (Lipinski definition) is 0. The summed E-state index contributed by atoms with van der Waals surface area (Å²) < 4.78 is 5.47. The lowest BCUT2D eigenvalue weighted by Gasteiger charge is -2.28. The Labute approximate surface area is 191 Å². The fourth-order valence-electron chi connectivity index (χ4n) is 4.22. The highest BCUT2D eigenvalue weighted by atomic mass is 127. The minimum Gasteiger partial charge on any atom is -1.00 e. The summed E-state index contributed by atoms with van der Waals surface area (Å²) in [5.74, 6) is -0.0414. The van der Waals surface area contributed by atoms with Gasteiger partial charge in [-0.25, -0.2) is 0 Å². The summed E-state index contributed by atoms with van der Waals surface area (Å²) in [6.07, 6.45) is 4.60. The third kappa shape index (κ3) is 4.90. The van der Waals surface area contributed by atoms with E-state index < -0.39 is 7.26 Å². The van der Waals surface area contributed by atoms with E-state index in [0.717, 1.165) is 25.4 Å². The quantitative estimate of drug-likeness (QED) is 0.270. The Morgan fingerprint density at radius 3 is 1.59 bits per heavy atom. The highest BCUT2D eigenvalue weighted by Gasteiger charge is 2.44. The predicted molar refractivity (Wildman–Crippen MR) is 118 cm³/mol. The predicted octanol–water partition coefficient (Wildman–Crippen LogP) is 1.47. The minimum atomic E-state index is -1.77. The first-order valence-electron chi connectivity index (χ1n) is 10.0. The van der Waals surface area contributed by atoms with E-state index in [1.54, 1.807) is 0 Å². The summed E-state index contributed by atoms with van der Waals surface area (Å²) >= 11 is 0. The SMILES string of the molecule is O=C1CCC(CCC[P+](c2ccccc2)(c2ccccc2)c2ccccc2)O1.[I-]. The molecular formula is C25H26IO2P. The van der Waals surface area contributed by atoms with Gasteiger partial charge in [-0.3, -0.25) is 4.79 Å². The van der Waals surface area contributed by atoms with Gasteiger partial charge in [-0.15, -0.1) is 0 Å². The maximum absolute atomic E-state index is 11.5. The van der Waals surface area contributed by atoms with E-state index in [2.05, 4.69) is 91.0 Å². The molecule has 1 atom stereocenters. The van der Waals surface area contributed by atoms with Crippen LogP contribution in [0, 0.1) is 0 Å². The molecule has 2 nitrogen and oxygen atoms in total. The van der Waals surface area contributed by atoms with Crippen LogP contribution in [0.2, 0.25) is 0 Å². The van der Waals surface area contributed by atoms with Gasteiger partial charge in [0.25, 0.3) is 0 Å². The van der Waals surface area contributed by atoms with E-state index in [-0.39, 0.29) is 36.0 Å². The van der Waals surface area contributed by atoms with Gasteiger partial charge in [0, 0.05) is 6.42 Å². The zero-order valence-electron chi connectivity index (χ0n) is 16.4. The number of hydrogen-bond acceptors (Lipinski definition) is 2. The molecular weight excluding hydrogens is 490 g/mol. The molecule has 1 saturated heterocycles. The molecule has 0 saturated carbocycles. The van der Waals surface area contributed by atoms with Crippen molar-refractivity contribution in [1.29, 1.82) is 0 Å². The van der Waals surface area contributed by atoms with Crippen LogP contribution in [0.25, 0.3) is 0 Å². The molecule has 0 aliphatic carbocycles. The molecule has 1 heterocycles. The molecule has 0 spiro atoms. The average Bonchev–Trinajstić information content (AvgIpc) is 3.18. The Balaban J connectivity index is 0.00000240. The van der Waals surface area contributed by atoms with E-state index in [9.17, 15) is 4.79 Å². The fourth-order valence-corrected chi connectivity index (χ4v) is 8.59. The Morgan fingerprint density at radius 2 is 1.21 bits per heavy atom.